The second kappa shape index (κ2) is 5.66. The van der Waals surface area contributed by atoms with Crippen LogP contribution in [-0.4, -0.2) is 6.04 Å². The molecule has 1 saturated carbocycles. The van der Waals surface area contributed by atoms with Crippen molar-refractivity contribution in [1.82, 2.24) is 5.32 Å². The summed E-state index contributed by atoms with van der Waals surface area (Å²) in [5, 5.41) is 3.98. The van der Waals surface area contributed by atoms with Gasteiger partial charge in [0.1, 0.15) is 0 Å². The van der Waals surface area contributed by atoms with Crippen molar-refractivity contribution in [2.45, 2.75) is 64.5 Å². The quantitative estimate of drug-likeness (QED) is 0.823. The Kier molecular flexibility index (Phi) is 3.93. The number of hydrogen-bond acceptors (Lipinski definition) is 1. The van der Waals surface area contributed by atoms with Gasteiger partial charge in [-0.15, -0.1) is 0 Å². The van der Waals surface area contributed by atoms with Crippen molar-refractivity contribution < 1.29 is 0 Å². The van der Waals surface area contributed by atoms with Gasteiger partial charge in [0.15, 0.2) is 0 Å². The summed E-state index contributed by atoms with van der Waals surface area (Å²) in [6.45, 7) is 4.84. The van der Waals surface area contributed by atoms with Crippen LogP contribution in [0.3, 0.4) is 0 Å². The first-order chi connectivity index (χ1) is 9.24. The van der Waals surface area contributed by atoms with Gasteiger partial charge in [-0.3, -0.25) is 0 Å². The third-order valence-corrected chi connectivity index (χ3v) is 5.22. The first-order valence-electron chi connectivity index (χ1n) is 8.08. The van der Waals surface area contributed by atoms with Crippen LogP contribution in [0.4, 0.5) is 0 Å². The molecular formula is C18H27N. The normalized spacial score (nSPS) is 34.8. The molecule has 2 aliphatic carbocycles. The van der Waals surface area contributed by atoms with Crippen molar-refractivity contribution in [2.24, 2.45) is 11.8 Å². The molecule has 0 bridgehead atoms. The number of rotatable bonds is 2. The molecule has 0 aliphatic heterocycles. The fourth-order valence-corrected chi connectivity index (χ4v) is 4.10. The molecule has 1 heteroatoms. The number of benzene rings is 1. The Morgan fingerprint density at radius 3 is 2.74 bits per heavy atom. The van der Waals surface area contributed by atoms with Gasteiger partial charge >= 0.3 is 0 Å². The van der Waals surface area contributed by atoms with Crippen molar-refractivity contribution in [3.8, 4) is 0 Å². The molecule has 4 unspecified atom stereocenters. The van der Waals surface area contributed by atoms with E-state index in [0.717, 1.165) is 17.9 Å². The maximum Gasteiger partial charge on any atom is 0.0325 e. The van der Waals surface area contributed by atoms with Crippen LogP contribution in [0.1, 0.15) is 63.1 Å². The molecule has 1 aromatic carbocycles. The summed E-state index contributed by atoms with van der Waals surface area (Å²) in [6.07, 6.45) is 8.08. The summed E-state index contributed by atoms with van der Waals surface area (Å²) < 4.78 is 0. The zero-order valence-electron chi connectivity index (χ0n) is 12.4. The molecule has 0 heterocycles. The molecule has 0 aromatic heterocycles. The van der Waals surface area contributed by atoms with E-state index in [1.807, 2.05) is 0 Å². The van der Waals surface area contributed by atoms with E-state index in [0.29, 0.717) is 6.04 Å². The van der Waals surface area contributed by atoms with Crippen molar-refractivity contribution in [3.05, 3.63) is 35.4 Å². The number of aryl methyl sites for hydroxylation is 1. The number of fused-ring (bicyclic) bond motifs is 1. The number of nitrogens with one attached hydrogen (secondary N) is 1. The standard InChI is InChI=1S/C18H27N/c1-13-10-11-17(14(2)12-13)19-18-9-5-7-15-6-3-4-8-16(15)18/h3-4,6,8,13-14,17-19H,5,7,9-12H2,1-2H3. The largest absolute Gasteiger partial charge is 0.307 e. The highest BCUT2D eigenvalue weighted by Gasteiger charge is 2.29. The van der Waals surface area contributed by atoms with Gasteiger partial charge in [0.25, 0.3) is 0 Å². The van der Waals surface area contributed by atoms with Crippen molar-refractivity contribution in [2.75, 3.05) is 0 Å². The molecule has 1 nitrogen and oxygen atoms in total. The predicted octanol–water partition coefficient (Wildman–Crippen LogP) is 4.48. The maximum atomic E-state index is 3.98. The maximum absolute atomic E-state index is 3.98. The van der Waals surface area contributed by atoms with Gasteiger partial charge in [0, 0.05) is 12.1 Å². The summed E-state index contributed by atoms with van der Waals surface area (Å²) in [5.41, 5.74) is 3.14. The molecule has 2 aliphatic rings. The second-order valence-electron chi connectivity index (χ2n) is 6.81. The van der Waals surface area contributed by atoms with Gasteiger partial charge in [-0.25, -0.2) is 0 Å². The Hall–Kier alpha value is -0.820. The molecular weight excluding hydrogens is 230 g/mol. The summed E-state index contributed by atoms with van der Waals surface area (Å²) in [6, 6.07) is 10.4. The lowest BCUT2D eigenvalue weighted by atomic mass is 9.78. The van der Waals surface area contributed by atoms with Crippen LogP contribution in [0, 0.1) is 11.8 Å². The number of hydrogen-bond donors (Lipinski definition) is 1. The van der Waals surface area contributed by atoms with Crippen LogP contribution < -0.4 is 5.32 Å². The van der Waals surface area contributed by atoms with Crippen LogP contribution in [0.5, 0.6) is 0 Å². The average Bonchev–Trinajstić information content (AvgIpc) is 2.42. The lowest BCUT2D eigenvalue weighted by Crippen LogP contribution is -2.41. The fourth-order valence-electron chi connectivity index (χ4n) is 4.10. The van der Waals surface area contributed by atoms with Crippen LogP contribution in [0.25, 0.3) is 0 Å². The van der Waals surface area contributed by atoms with Crippen molar-refractivity contribution in [1.29, 1.82) is 0 Å². The average molecular weight is 257 g/mol. The third-order valence-electron chi connectivity index (χ3n) is 5.22. The van der Waals surface area contributed by atoms with Gasteiger partial charge in [0.2, 0.25) is 0 Å². The summed E-state index contributed by atoms with van der Waals surface area (Å²) in [5.74, 6) is 1.75. The molecule has 1 aromatic rings. The first kappa shape index (κ1) is 13.2. The molecule has 0 amide bonds. The Morgan fingerprint density at radius 1 is 1.05 bits per heavy atom. The van der Waals surface area contributed by atoms with E-state index in [9.17, 15) is 0 Å². The van der Waals surface area contributed by atoms with Gasteiger partial charge in [0.05, 0.1) is 0 Å². The lowest BCUT2D eigenvalue weighted by Gasteiger charge is -2.37. The fraction of sp³-hybridized carbons (Fsp3) is 0.667. The molecule has 104 valence electrons. The first-order valence-corrected chi connectivity index (χ1v) is 8.08. The lowest BCUT2D eigenvalue weighted by molar-refractivity contribution is 0.208. The highest BCUT2D eigenvalue weighted by atomic mass is 15.0. The Labute approximate surface area is 117 Å². The second-order valence-corrected chi connectivity index (χ2v) is 6.81. The minimum Gasteiger partial charge on any atom is -0.307 e. The third kappa shape index (κ3) is 2.86. The Morgan fingerprint density at radius 2 is 1.89 bits per heavy atom. The molecule has 1 fully saturated rings. The highest BCUT2D eigenvalue weighted by molar-refractivity contribution is 5.32. The van der Waals surface area contributed by atoms with E-state index < -0.39 is 0 Å². The van der Waals surface area contributed by atoms with E-state index in [-0.39, 0.29) is 0 Å². The van der Waals surface area contributed by atoms with Crippen LogP contribution in [0.2, 0.25) is 0 Å². The van der Waals surface area contributed by atoms with Gasteiger partial charge < -0.3 is 5.32 Å². The zero-order valence-corrected chi connectivity index (χ0v) is 12.4. The van der Waals surface area contributed by atoms with E-state index in [1.165, 1.54) is 38.5 Å². The topological polar surface area (TPSA) is 12.0 Å². The van der Waals surface area contributed by atoms with Crippen LogP contribution >= 0.6 is 0 Å². The molecule has 4 atom stereocenters. The van der Waals surface area contributed by atoms with E-state index in [2.05, 4.69) is 43.4 Å². The Bertz CT molecular complexity index is 425. The van der Waals surface area contributed by atoms with E-state index in [1.54, 1.807) is 11.1 Å². The van der Waals surface area contributed by atoms with Crippen molar-refractivity contribution >= 4 is 0 Å². The molecule has 0 spiro atoms. The molecule has 19 heavy (non-hydrogen) atoms. The van der Waals surface area contributed by atoms with Gasteiger partial charge in [-0.2, -0.15) is 0 Å². The van der Waals surface area contributed by atoms with Crippen LogP contribution in [-0.2, 0) is 6.42 Å². The monoisotopic (exact) mass is 257 g/mol. The predicted molar refractivity (Wildman–Crippen MR) is 81.2 cm³/mol. The molecule has 0 radical (unpaired) electrons. The van der Waals surface area contributed by atoms with Gasteiger partial charge in [-0.1, -0.05) is 38.1 Å². The molecule has 0 saturated heterocycles. The SMILES string of the molecule is CC1CCC(NC2CCCc3ccccc32)C(C)C1. The van der Waals surface area contributed by atoms with E-state index in [4.69, 9.17) is 0 Å². The van der Waals surface area contributed by atoms with Gasteiger partial charge in [-0.05, 0) is 61.5 Å². The molecule has 1 N–H and O–H groups in total. The van der Waals surface area contributed by atoms with E-state index >= 15 is 0 Å². The highest BCUT2D eigenvalue weighted by Crippen LogP contribution is 2.34. The van der Waals surface area contributed by atoms with Crippen LogP contribution in [0.15, 0.2) is 24.3 Å². The zero-order chi connectivity index (χ0) is 13.2. The summed E-state index contributed by atoms with van der Waals surface area (Å²) in [7, 11) is 0. The van der Waals surface area contributed by atoms with Crippen molar-refractivity contribution in [3.63, 3.8) is 0 Å². The summed E-state index contributed by atoms with van der Waals surface area (Å²) >= 11 is 0. The minimum absolute atomic E-state index is 0.603. The molecule has 3 rings (SSSR count). The Balaban J connectivity index is 1.71. The minimum atomic E-state index is 0.603. The summed E-state index contributed by atoms with van der Waals surface area (Å²) in [4.78, 5) is 0. The smallest absolute Gasteiger partial charge is 0.0325 e.